The van der Waals surface area contributed by atoms with Crippen molar-refractivity contribution in [3.05, 3.63) is 30.5 Å². The van der Waals surface area contributed by atoms with Gasteiger partial charge in [0.25, 0.3) is 0 Å². The van der Waals surface area contributed by atoms with Gasteiger partial charge >= 0.3 is 5.97 Å². The van der Waals surface area contributed by atoms with E-state index in [1.807, 2.05) is 24.3 Å². The molecule has 0 saturated carbocycles. The number of fused-ring (bicyclic) bond motifs is 1. The number of hydrogen-bond acceptors (Lipinski definition) is 6. The van der Waals surface area contributed by atoms with Crippen LogP contribution in [-0.4, -0.2) is 42.7 Å². The SMILES string of the molecule is COC(=O)C1(CN)CCN(c2cnc3ccccc3n2)CC1. The topological polar surface area (TPSA) is 81.3 Å². The molecule has 0 aliphatic carbocycles. The van der Waals surface area contributed by atoms with Gasteiger partial charge in [-0.1, -0.05) is 12.1 Å². The standard InChI is InChI=1S/C16H20N4O2/c1-22-15(21)16(11-17)6-8-20(9-7-16)14-10-18-12-4-2-3-5-13(12)19-14/h2-5,10H,6-9,11,17H2,1H3. The normalized spacial score (nSPS) is 17.5. The second-order valence-corrected chi connectivity index (χ2v) is 5.68. The number of benzene rings is 1. The maximum Gasteiger partial charge on any atom is 0.313 e. The molecule has 0 spiro atoms. The van der Waals surface area contributed by atoms with Crippen LogP contribution in [0.3, 0.4) is 0 Å². The van der Waals surface area contributed by atoms with E-state index in [0.717, 1.165) is 29.9 Å². The number of piperidine rings is 1. The Morgan fingerprint density at radius 3 is 2.64 bits per heavy atom. The molecule has 2 heterocycles. The first-order valence-corrected chi connectivity index (χ1v) is 7.44. The highest BCUT2D eigenvalue weighted by molar-refractivity contribution is 5.78. The monoisotopic (exact) mass is 300 g/mol. The van der Waals surface area contributed by atoms with Crippen molar-refractivity contribution in [3.63, 3.8) is 0 Å². The molecule has 1 fully saturated rings. The molecule has 2 aromatic rings. The lowest BCUT2D eigenvalue weighted by atomic mass is 9.78. The summed E-state index contributed by atoms with van der Waals surface area (Å²) < 4.78 is 4.92. The average molecular weight is 300 g/mol. The molecule has 1 aromatic heterocycles. The van der Waals surface area contributed by atoms with Crippen molar-refractivity contribution in [2.24, 2.45) is 11.1 Å². The van der Waals surface area contributed by atoms with E-state index < -0.39 is 5.41 Å². The molecule has 0 unspecified atom stereocenters. The summed E-state index contributed by atoms with van der Waals surface area (Å²) in [5.74, 6) is 0.633. The molecule has 1 aliphatic heterocycles. The van der Waals surface area contributed by atoms with Crippen LogP contribution >= 0.6 is 0 Å². The van der Waals surface area contributed by atoms with Gasteiger partial charge in [-0.2, -0.15) is 0 Å². The maximum atomic E-state index is 12.0. The minimum absolute atomic E-state index is 0.209. The molecule has 6 heteroatoms. The lowest BCUT2D eigenvalue weighted by Crippen LogP contribution is -2.49. The zero-order valence-electron chi connectivity index (χ0n) is 12.7. The second-order valence-electron chi connectivity index (χ2n) is 5.68. The molecule has 0 radical (unpaired) electrons. The van der Waals surface area contributed by atoms with Crippen molar-refractivity contribution in [3.8, 4) is 0 Å². The summed E-state index contributed by atoms with van der Waals surface area (Å²) in [6.07, 6.45) is 3.13. The summed E-state index contributed by atoms with van der Waals surface area (Å²) in [6.45, 7) is 1.76. The number of anilines is 1. The molecule has 0 atom stereocenters. The zero-order valence-corrected chi connectivity index (χ0v) is 12.7. The minimum atomic E-state index is -0.560. The van der Waals surface area contributed by atoms with Gasteiger partial charge in [0, 0.05) is 19.6 Å². The molecule has 22 heavy (non-hydrogen) atoms. The molecule has 3 rings (SSSR count). The quantitative estimate of drug-likeness (QED) is 0.862. The average Bonchev–Trinajstić information content (AvgIpc) is 2.60. The van der Waals surface area contributed by atoms with Crippen molar-refractivity contribution < 1.29 is 9.53 Å². The maximum absolute atomic E-state index is 12.0. The fourth-order valence-corrected chi connectivity index (χ4v) is 2.97. The number of rotatable bonds is 3. The van der Waals surface area contributed by atoms with Crippen LogP contribution in [0.15, 0.2) is 30.5 Å². The van der Waals surface area contributed by atoms with Crippen LogP contribution in [0, 0.1) is 5.41 Å². The van der Waals surface area contributed by atoms with E-state index in [-0.39, 0.29) is 5.97 Å². The van der Waals surface area contributed by atoms with Gasteiger partial charge in [0.1, 0.15) is 5.82 Å². The zero-order chi connectivity index (χ0) is 15.6. The number of aromatic nitrogens is 2. The van der Waals surface area contributed by atoms with Crippen LogP contribution in [0.25, 0.3) is 11.0 Å². The van der Waals surface area contributed by atoms with Crippen molar-refractivity contribution in [1.82, 2.24) is 9.97 Å². The Labute approximate surface area is 129 Å². The molecule has 1 aliphatic rings. The van der Waals surface area contributed by atoms with E-state index in [1.54, 1.807) is 6.20 Å². The third-order valence-corrected chi connectivity index (χ3v) is 4.49. The molecule has 0 bridgehead atoms. The van der Waals surface area contributed by atoms with Crippen LogP contribution in [0.1, 0.15) is 12.8 Å². The van der Waals surface area contributed by atoms with Crippen LogP contribution in [0.2, 0.25) is 0 Å². The van der Waals surface area contributed by atoms with Crippen molar-refractivity contribution in [2.45, 2.75) is 12.8 Å². The van der Waals surface area contributed by atoms with Gasteiger partial charge in [-0.15, -0.1) is 0 Å². The summed E-state index contributed by atoms with van der Waals surface area (Å²) in [4.78, 5) is 23.2. The van der Waals surface area contributed by atoms with Gasteiger partial charge in [0.2, 0.25) is 0 Å². The molecule has 2 N–H and O–H groups in total. The number of nitrogens with two attached hydrogens (primary N) is 1. The van der Waals surface area contributed by atoms with Crippen LogP contribution in [0.4, 0.5) is 5.82 Å². The van der Waals surface area contributed by atoms with Gasteiger partial charge in [0.15, 0.2) is 0 Å². The highest BCUT2D eigenvalue weighted by atomic mass is 16.5. The van der Waals surface area contributed by atoms with E-state index in [0.29, 0.717) is 19.4 Å². The molecular formula is C16H20N4O2. The van der Waals surface area contributed by atoms with Gasteiger partial charge in [-0.3, -0.25) is 9.78 Å². The Morgan fingerprint density at radius 1 is 1.32 bits per heavy atom. The first-order chi connectivity index (χ1) is 10.7. The summed E-state index contributed by atoms with van der Waals surface area (Å²) in [6, 6.07) is 7.80. The third-order valence-electron chi connectivity index (χ3n) is 4.49. The Kier molecular flexibility index (Phi) is 3.94. The van der Waals surface area contributed by atoms with Gasteiger partial charge in [-0.25, -0.2) is 4.98 Å². The third kappa shape index (κ3) is 2.50. The lowest BCUT2D eigenvalue weighted by Gasteiger charge is -2.39. The minimum Gasteiger partial charge on any atom is -0.469 e. The van der Waals surface area contributed by atoms with E-state index >= 15 is 0 Å². The van der Waals surface area contributed by atoms with Crippen LogP contribution < -0.4 is 10.6 Å². The van der Waals surface area contributed by atoms with Crippen LogP contribution in [-0.2, 0) is 9.53 Å². The molecule has 1 saturated heterocycles. The van der Waals surface area contributed by atoms with Gasteiger partial charge in [-0.05, 0) is 25.0 Å². The van der Waals surface area contributed by atoms with E-state index in [2.05, 4.69) is 14.9 Å². The molecule has 6 nitrogen and oxygen atoms in total. The summed E-state index contributed by atoms with van der Waals surface area (Å²) in [7, 11) is 1.42. The second kappa shape index (κ2) is 5.88. The number of methoxy groups -OCH3 is 1. The number of para-hydroxylation sites is 2. The first kappa shape index (κ1) is 14.7. The highest BCUT2D eigenvalue weighted by Gasteiger charge is 2.41. The number of carbonyl (C=O) groups excluding carboxylic acids is 1. The van der Waals surface area contributed by atoms with E-state index in [4.69, 9.17) is 10.5 Å². The van der Waals surface area contributed by atoms with Crippen LogP contribution in [0.5, 0.6) is 0 Å². The van der Waals surface area contributed by atoms with Crippen molar-refractivity contribution >= 4 is 22.8 Å². The largest absolute Gasteiger partial charge is 0.469 e. The van der Waals surface area contributed by atoms with Crippen molar-refractivity contribution in [1.29, 1.82) is 0 Å². The van der Waals surface area contributed by atoms with Gasteiger partial charge < -0.3 is 15.4 Å². The smallest absolute Gasteiger partial charge is 0.313 e. The van der Waals surface area contributed by atoms with E-state index in [9.17, 15) is 4.79 Å². The Hall–Kier alpha value is -2.21. The molecule has 0 amide bonds. The summed E-state index contributed by atoms with van der Waals surface area (Å²) in [5.41, 5.74) is 7.03. The fourth-order valence-electron chi connectivity index (χ4n) is 2.97. The van der Waals surface area contributed by atoms with Gasteiger partial charge in [0.05, 0.1) is 29.8 Å². The lowest BCUT2D eigenvalue weighted by molar-refractivity contribution is -0.153. The number of carbonyl (C=O) groups is 1. The summed E-state index contributed by atoms with van der Waals surface area (Å²) in [5, 5.41) is 0. The summed E-state index contributed by atoms with van der Waals surface area (Å²) >= 11 is 0. The highest BCUT2D eigenvalue weighted by Crippen LogP contribution is 2.33. The fraction of sp³-hybridized carbons (Fsp3) is 0.438. The number of esters is 1. The molecule has 116 valence electrons. The predicted molar refractivity (Wildman–Crippen MR) is 84.5 cm³/mol. The predicted octanol–water partition coefficient (Wildman–Crippen LogP) is 1.35. The first-order valence-electron chi connectivity index (χ1n) is 7.44. The number of hydrogen-bond donors (Lipinski definition) is 1. The van der Waals surface area contributed by atoms with E-state index in [1.165, 1.54) is 7.11 Å². The van der Waals surface area contributed by atoms with Crippen molar-refractivity contribution in [2.75, 3.05) is 31.6 Å². The number of ether oxygens (including phenoxy) is 1. The molecular weight excluding hydrogens is 280 g/mol. The Balaban J connectivity index is 1.78. The Bertz CT molecular complexity index is 681. The Morgan fingerprint density at radius 2 is 2.00 bits per heavy atom. The molecule has 1 aromatic carbocycles. The number of nitrogens with zero attached hydrogens (tertiary/aromatic N) is 3.